The van der Waals surface area contributed by atoms with Gasteiger partial charge in [0.05, 0.1) is 10.6 Å². The van der Waals surface area contributed by atoms with Gasteiger partial charge >= 0.3 is 0 Å². The lowest BCUT2D eigenvalue weighted by atomic mass is 10.2. The molecular weight excluding hydrogens is 336 g/mol. The van der Waals surface area contributed by atoms with Crippen molar-refractivity contribution in [2.75, 3.05) is 0 Å². The summed E-state index contributed by atoms with van der Waals surface area (Å²) in [4.78, 5) is 10.4. The van der Waals surface area contributed by atoms with Gasteiger partial charge in [0.25, 0.3) is 5.69 Å². The first kappa shape index (κ1) is 15.5. The number of benzene rings is 2. The summed E-state index contributed by atoms with van der Waals surface area (Å²) in [7, 11) is 0. The van der Waals surface area contributed by atoms with Crippen LogP contribution in [0.3, 0.4) is 0 Å². The molecule has 2 aromatic carbocycles. The highest BCUT2D eigenvalue weighted by molar-refractivity contribution is 8.14. The van der Waals surface area contributed by atoms with Crippen LogP contribution in [0, 0.1) is 10.1 Å². The van der Waals surface area contributed by atoms with E-state index in [0.717, 1.165) is 22.0 Å². The molecule has 0 fully saturated rings. The zero-order valence-electron chi connectivity index (χ0n) is 13.1. The number of nitrogens with one attached hydrogen (secondary N) is 1. The van der Waals surface area contributed by atoms with E-state index < -0.39 is 4.92 Å². The molecule has 1 N–H and O–H groups in total. The Hall–Kier alpha value is -3.06. The maximum Gasteiger partial charge on any atom is 0.269 e. The van der Waals surface area contributed by atoms with Crippen LogP contribution in [-0.2, 0) is 0 Å². The van der Waals surface area contributed by atoms with Gasteiger partial charge in [-0.1, -0.05) is 42.1 Å². The van der Waals surface area contributed by atoms with Gasteiger partial charge in [0, 0.05) is 29.6 Å². The van der Waals surface area contributed by atoms with Gasteiger partial charge in [0.2, 0.25) is 0 Å². The van der Waals surface area contributed by atoms with E-state index in [0.29, 0.717) is 0 Å². The second kappa shape index (κ2) is 6.45. The van der Waals surface area contributed by atoms with E-state index in [-0.39, 0.29) is 11.1 Å². The lowest BCUT2D eigenvalue weighted by Gasteiger charge is -2.14. The normalized spacial score (nSPS) is 16.3. The number of aromatic nitrogens is 1. The standard InChI is InChI=1S/C18H14N4O2S/c23-22(24)15-10-8-14(9-11-15)21-12-4-7-16(21)18-20-19-17(25-18)13-5-2-1-3-6-13/h1-12,18,20H/t18-/m0/s1. The summed E-state index contributed by atoms with van der Waals surface area (Å²) in [5, 5.41) is 16.2. The summed E-state index contributed by atoms with van der Waals surface area (Å²) < 4.78 is 2.01. The highest BCUT2D eigenvalue weighted by Crippen LogP contribution is 2.35. The first-order chi connectivity index (χ1) is 12.2. The lowest BCUT2D eigenvalue weighted by molar-refractivity contribution is -0.384. The van der Waals surface area contributed by atoms with Crippen molar-refractivity contribution in [2.24, 2.45) is 5.10 Å². The van der Waals surface area contributed by atoms with Gasteiger partial charge in [-0.2, -0.15) is 5.10 Å². The molecule has 1 atom stereocenters. The number of nitro benzene ring substituents is 1. The van der Waals surface area contributed by atoms with Gasteiger partial charge in [0.15, 0.2) is 0 Å². The molecule has 0 saturated heterocycles. The number of hydrogen-bond donors (Lipinski definition) is 1. The average molecular weight is 350 g/mol. The monoisotopic (exact) mass is 350 g/mol. The largest absolute Gasteiger partial charge is 0.318 e. The highest BCUT2D eigenvalue weighted by Gasteiger charge is 2.24. The van der Waals surface area contributed by atoms with Crippen molar-refractivity contribution in [2.45, 2.75) is 5.37 Å². The molecule has 0 bridgehead atoms. The third kappa shape index (κ3) is 3.01. The molecule has 7 heteroatoms. The van der Waals surface area contributed by atoms with Gasteiger partial charge < -0.3 is 4.57 Å². The van der Waals surface area contributed by atoms with Crippen LogP contribution in [0.2, 0.25) is 0 Å². The molecule has 0 amide bonds. The van der Waals surface area contributed by atoms with Crippen LogP contribution in [0.25, 0.3) is 5.69 Å². The highest BCUT2D eigenvalue weighted by atomic mass is 32.2. The van der Waals surface area contributed by atoms with Gasteiger partial charge in [-0.25, -0.2) is 0 Å². The Labute approximate surface area is 148 Å². The van der Waals surface area contributed by atoms with Crippen LogP contribution >= 0.6 is 11.8 Å². The molecular formula is C18H14N4O2S. The van der Waals surface area contributed by atoms with Crippen molar-refractivity contribution in [3.8, 4) is 5.69 Å². The molecule has 1 aliphatic heterocycles. The number of thioether (sulfide) groups is 1. The zero-order valence-corrected chi connectivity index (χ0v) is 13.9. The van der Waals surface area contributed by atoms with Gasteiger partial charge in [-0.05, 0) is 24.3 Å². The van der Waals surface area contributed by atoms with Crippen LogP contribution < -0.4 is 5.43 Å². The molecule has 1 aliphatic rings. The quantitative estimate of drug-likeness (QED) is 0.568. The van der Waals surface area contributed by atoms with Crippen molar-refractivity contribution in [3.63, 3.8) is 0 Å². The number of hydrazone groups is 1. The Morgan fingerprint density at radius 3 is 2.52 bits per heavy atom. The average Bonchev–Trinajstić information content (AvgIpc) is 3.32. The molecule has 1 aromatic heterocycles. The number of nitrogens with zero attached hydrogens (tertiary/aromatic N) is 3. The lowest BCUT2D eigenvalue weighted by Crippen LogP contribution is -2.11. The Kier molecular flexibility index (Phi) is 3.99. The van der Waals surface area contributed by atoms with E-state index in [4.69, 9.17) is 0 Å². The zero-order chi connectivity index (χ0) is 17.2. The topological polar surface area (TPSA) is 72.5 Å². The summed E-state index contributed by atoms with van der Waals surface area (Å²) in [5.74, 6) is 0. The number of nitro groups is 1. The van der Waals surface area contributed by atoms with Crippen LogP contribution in [0.15, 0.2) is 78.0 Å². The number of non-ortho nitro benzene ring substituents is 1. The number of rotatable bonds is 4. The first-order valence-electron chi connectivity index (χ1n) is 7.70. The molecule has 25 heavy (non-hydrogen) atoms. The third-order valence-corrected chi connectivity index (χ3v) is 5.05. The minimum atomic E-state index is -0.394. The number of hydrogen-bond acceptors (Lipinski definition) is 5. The van der Waals surface area contributed by atoms with E-state index in [9.17, 15) is 10.1 Å². The molecule has 6 nitrogen and oxygen atoms in total. The summed E-state index contributed by atoms with van der Waals surface area (Å²) in [6.45, 7) is 0. The summed E-state index contributed by atoms with van der Waals surface area (Å²) in [6.07, 6.45) is 1.94. The maximum atomic E-state index is 10.8. The Morgan fingerprint density at radius 1 is 1.04 bits per heavy atom. The molecule has 3 aromatic rings. The van der Waals surface area contributed by atoms with E-state index in [1.165, 1.54) is 12.1 Å². The third-order valence-electron chi connectivity index (χ3n) is 3.92. The summed E-state index contributed by atoms with van der Waals surface area (Å²) in [5.41, 5.74) is 6.24. The fourth-order valence-corrected chi connectivity index (χ4v) is 3.72. The molecule has 0 radical (unpaired) electrons. The summed E-state index contributed by atoms with van der Waals surface area (Å²) in [6, 6.07) is 20.5. The SMILES string of the molecule is O=[N+]([O-])c1ccc(-n2cccc2[C@H]2NN=C(c3ccccc3)S2)cc1. The minimum Gasteiger partial charge on any atom is -0.318 e. The van der Waals surface area contributed by atoms with E-state index in [1.807, 2.05) is 53.2 Å². The van der Waals surface area contributed by atoms with Crippen LogP contribution in [0.5, 0.6) is 0 Å². The fourth-order valence-electron chi connectivity index (χ4n) is 2.70. The van der Waals surface area contributed by atoms with Crippen molar-refractivity contribution < 1.29 is 4.92 Å². The molecule has 0 unspecified atom stereocenters. The van der Waals surface area contributed by atoms with Crippen molar-refractivity contribution in [1.29, 1.82) is 0 Å². The molecule has 0 spiro atoms. The van der Waals surface area contributed by atoms with Crippen LogP contribution in [0.1, 0.15) is 16.6 Å². The second-order valence-electron chi connectivity index (χ2n) is 5.49. The van der Waals surface area contributed by atoms with E-state index >= 15 is 0 Å². The molecule has 2 heterocycles. The predicted molar refractivity (Wildman–Crippen MR) is 98.9 cm³/mol. The summed E-state index contributed by atoms with van der Waals surface area (Å²) >= 11 is 1.65. The van der Waals surface area contributed by atoms with Gasteiger partial charge in [-0.3, -0.25) is 15.5 Å². The smallest absolute Gasteiger partial charge is 0.269 e. The Morgan fingerprint density at radius 2 is 1.80 bits per heavy atom. The van der Waals surface area contributed by atoms with Crippen LogP contribution in [-0.4, -0.2) is 14.5 Å². The van der Waals surface area contributed by atoms with Gasteiger partial charge in [-0.15, -0.1) is 0 Å². The maximum absolute atomic E-state index is 10.8. The molecule has 0 saturated carbocycles. The van der Waals surface area contributed by atoms with Crippen LogP contribution in [0.4, 0.5) is 5.69 Å². The van der Waals surface area contributed by atoms with E-state index in [2.05, 4.69) is 10.5 Å². The van der Waals surface area contributed by atoms with Gasteiger partial charge in [0.1, 0.15) is 10.4 Å². The van der Waals surface area contributed by atoms with E-state index in [1.54, 1.807) is 23.9 Å². The Bertz CT molecular complexity index is 935. The van der Waals surface area contributed by atoms with Crippen molar-refractivity contribution in [3.05, 3.63) is 94.3 Å². The van der Waals surface area contributed by atoms with Crippen molar-refractivity contribution in [1.82, 2.24) is 9.99 Å². The minimum absolute atomic E-state index is 0.0135. The van der Waals surface area contributed by atoms with Crippen molar-refractivity contribution >= 4 is 22.5 Å². The Balaban J connectivity index is 1.58. The first-order valence-corrected chi connectivity index (χ1v) is 8.58. The predicted octanol–water partition coefficient (Wildman–Crippen LogP) is 4.08. The fraction of sp³-hybridized carbons (Fsp3) is 0.0556. The molecule has 4 rings (SSSR count). The second-order valence-corrected chi connectivity index (χ2v) is 6.58. The molecule has 124 valence electrons. The molecule has 0 aliphatic carbocycles.